The first kappa shape index (κ1) is 16.7. The van der Waals surface area contributed by atoms with E-state index in [4.69, 9.17) is 9.47 Å². The molecule has 3 aromatic rings. The Hall–Kier alpha value is -2.18. The normalized spacial score (nSPS) is 10.4. The molecule has 0 aliphatic rings. The van der Waals surface area contributed by atoms with Crippen molar-refractivity contribution in [3.05, 3.63) is 69.6 Å². The number of hydrogen-bond acceptors (Lipinski definition) is 5. The minimum atomic E-state index is -0.376. The molecule has 3 rings (SSSR count). The molecule has 0 unspecified atom stereocenters. The van der Waals surface area contributed by atoms with Crippen LogP contribution in [0.1, 0.15) is 16.1 Å². The molecule has 0 fully saturated rings. The summed E-state index contributed by atoms with van der Waals surface area (Å²) >= 11 is 4.85. The van der Waals surface area contributed by atoms with Crippen LogP contribution in [-0.2, 0) is 11.3 Å². The highest BCUT2D eigenvalue weighted by molar-refractivity contribution is 9.10. The van der Waals surface area contributed by atoms with Crippen LogP contribution in [0.4, 0.5) is 0 Å². The molecule has 0 atom stereocenters. The molecule has 0 spiro atoms. The SMILES string of the molecule is COc1cccc(-c2nc(COC(=O)c3ccccc3Br)cs2)c1. The first-order chi connectivity index (χ1) is 11.7. The number of aromatic nitrogens is 1. The van der Waals surface area contributed by atoms with Crippen molar-refractivity contribution in [2.75, 3.05) is 7.11 Å². The molecular formula is C18H14BrNO3S. The lowest BCUT2D eigenvalue weighted by Gasteiger charge is -2.04. The van der Waals surface area contributed by atoms with E-state index in [1.807, 2.05) is 35.7 Å². The van der Waals surface area contributed by atoms with Gasteiger partial charge in [-0.2, -0.15) is 0 Å². The summed E-state index contributed by atoms with van der Waals surface area (Å²) in [5, 5.41) is 2.75. The Bertz CT molecular complexity index is 863. The molecular weight excluding hydrogens is 390 g/mol. The first-order valence-corrected chi connectivity index (χ1v) is 8.85. The standard InChI is InChI=1S/C18H14BrNO3S/c1-22-14-6-4-5-12(9-14)17-20-13(11-24-17)10-23-18(21)15-7-2-3-8-16(15)19/h2-9,11H,10H2,1H3. The van der Waals surface area contributed by atoms with Crippen molar-refractivity contribution in [1.82, 2.24) is 4.98 Å². The number of hydrogen-bond donors (Lipinski definition) is 0. The smallest absolute Gasteiger partial charge is 0.339 e. The van der Waals surface area contributed by atoms with Gasteiger partial charge in [0.1, 0.15) is 17.4 Å². The number of carbonyl (C=O) groups excluding carboxylic acids is 1. The van der Waals surface area contributed by atoms with E-state index in [0.717, 1.165) is 22.0 Å². The third-order valence-electron chi connectivity index (χ3n) is 3.31. The molecule has 0 radical (unpaired) electrons. The lowest BCUT2D eigenvalue weighted by Crippen LogP contribution is -2.06. The number of halogens is 1. The number of rotatable bonds is 5. The summed E-state index contributed by atoms with van der Waals surface area (Å²) in [6, 6.07) is 14.9. The summed E-state index contributed by atoms with van der Waals surface area (Å²) in [7, 11) is 1.63. The Morgan fingerprint density at radius 3 is 2.83 bits per heavy atom. The van der Waals surface area contributed by atoms with Crippen LogP contribution >= 0.6 is 27.3 Å². The molecule has 1 aromatic heterocycles. The molecule has 4 nitrogen and oxygen atoms in total. The lowest BCUT2D eigenvalue weighted by molar-refractivity contribution is 0.0467. The van der Waals surface area contributed by atoms with Crippen LogP contribution in [0.3, 0.4) is 0 Å². The fourth-order valence-electron chi connectivity index (χ4n) is 2.11. The van der Waals surface area contributed by atoms with Gasteiger partial charge in [-0.05, 0) is 40.2 Å². The third-order valence-corrected chi connectivity index (χ3v) is 4.95. The van der Waals surface area contributed by atoms with Crippen molar-refractivity contribution in [2.45, 2.75) is 6.61 Å². The molecule has 0 N–H and O–H groups in total. The summed E-state index contributed by atoms with van der Waals surface area (Å²) in [5.74, 6) is 0.406. The maximum atomic E-state index is 12.1. The quantitative estimate of drug-likeness (QED) is 0.566. The van der Waals surface area contributed by atoms with Gasteiger partial charge in [0.05, 0.1) is 18.4 Å². The van der Waals surface area contributed by atoms with Gasteiger partial charge in [-0.25, -0.2) is 9.78 Å². The van der Waals surface area contributed by atoms with Crippen LogP contribution < -0.4 is 4.74 Å². The van der Waals surface area contributed by atoms with Crippen molar-refractivity contribution in [3.8, 4) is 16.3 Å². The van der Waals surface area contributed by atoms with Crippen molar-refractivity contribution >= 4 is 33.2 Å². The minimum absolute atomic E-state index is 0.140. The Morgan fingerprint density at radius 1 is 1.21 bits per heavy atom. The van der Waals surface area contributed by atoms with Crippen molar-refractivity contribution < 1.29 is 14.3 Å². The van der Waals surface area contributed by atoms with Crippen LogP contribution in [-0.4, -0.2) is 18.1 Å². The van der Waals surface area contributed by atoms with Gasteiger partial charge in [-0.15, -0.1) is 11.3 Å². The molecule has 0 saturated carbocycles. The fraction of sp³-hybridized carbons (Fsp3) is 0.111. The second-order valence-electron chi connectivity index (χ2n) is 4.93. The summed E-state index contributed by atoms with van der Waals surface area (Å²) < 4.78 is 11.3. The first-order valence-electron chi connectivity index (χ1n) is 7.18. The number of nitrogens with zero attached hydrogens (tertiary/aromatic N) is 1. The van der Waals surface area contributed by atoms with Crippen LogP contribution in [0.25, 0.3) is 10.6 Å². The van der Waals surface area contributed by atoms with Crippen LogP contribution in [0.2, 0.25) is 0 Å². The molecule has 0 amide bonds. The summed E-state index contributed by atoms with van der Waals surface area (Å²) in [6.45, 7) is 0.140. The van der Waals surface area contributed by atoms with Crippen molar-refractivity contribution in [1.29, 1.82) is 0 Å². The highest BCUT2D eigenvalue weighted by atomic mass is 79.9. The highest BCUT2D eigenvalue weighted by Crippen LogP contribution is 2.27. The van der Waals surface area contributed by atoms with Crippen LogP contribution in [0, 0.1) is 0 Å². The zero-order valence-corrected chi connectivity index (χ0v) is 15.3. The Morgan fingerprint density at radius 2 is 2.04 bits per heavy atom. The van der Waals surface area contributed by atoms with E-state index < -0.39 is 0 Å². The average Bonchev–Trinajstić information content (AvgIpc) is 3.09. The Kier molecular flexibility index (Phi) is 5.27. The van der Waals surface area contributed by atoms with E-state index >= 15 is 0 Å². The average molecular weight is 404 g/mol. The molecule has 122 valence electrons. The predicted molar refractivity (Wildman–Crippen MR) is 97.4 cm³/mol. The van der Waals surface area contributed by atoms with E-state index in [-0.39, 0.29) is 12.6 Å². The zero-order valence-electron chi connectivity index (χ0n) is 12.9. The lowest BCUT2D eigenvalue weighted by atomic mass is 10.2. The van der Waals surface area contributed by atoms with Gasteiger partial charge in [0, 0.05) is 15.4 Å². The number of methoxy groups -OCH3 is 1. The van der Waals surface area contributed by atoms with Gasteiger partial charge in [0.25, 0.3) is 0 Å². The van der Waals surface area contributed by atoms with Gasteiger partial charge in [-0.3, -0.25) is 0 Å². The number of benzene rings is 2. The maximum Gasteiger partial charge on any atom is 0.339 e. The molecule has 24 heavy (non-hydrogen) atoms. The molecule has 0 aliphatic carbocycles. The van der Waals surface area contributed by atoms with Gasteiger partial charge >= 0.3 is 5.97 Å². The van der Waals surface area contributed by atoms with Crippen molar-refractivity contribution in [2.24, 2.45) is 0 Å². The van der Waals surface area contributed by atoms with Crippen LogP contribution in [0.15, 0.2) is 58.4 Å². The van der Waals surface area contributed by atoms with E-state index in [1.54, 1.807) is 25.3 Å². The van der Waals surface area contributed by atoms with E-state index in [0.29, 0.717) is 10.0 Å². The minimum Gasteiger partial charge on any atom is -0.497 e. The third kappa shape index (κ3) is 3.83. The summed E-state index contributed by atoms with van der Waals surface area (Å²) in [6.07, 6.45) is 0. The number of esters is 1. The monoisotopic (exact) mass is 403 g/mol. The number of thiazole rings is 1. The topological polar surface area (TPSA) is 48.4 Å². The molecule has 0 bridgehead atoms. The number of carbonyl (C=O) groups is 1. The van der Waals surface area contributed by atoms with Crippen LogP contribution in [0.5, 0.6) is 5.75 Å². The zero-order chi connectivity index (χ0) is 16.9. The Labute approximate surface area is 152 Å². The molecule has 2 aromatic carbocycles. The second-order valence-corrected chi connectivity index (χ2v) is 6.64. The van der Waals surface area contributed by atoms with E-state index in [1.165, 1.54) is 11.3 Å². The molecule has 6 heteroatoms. The Balaban J connectivity index is 1.68. The predicted octanol–water partition coefficient (Wildman–Crippen LogP) is 4.94. The maximum absolute atomic E-state index is 12.1. The molecule has 0 aliphatic heterocycles. The van der Waals surface area contributed by atoms with Crippen molar-refractivity contribution in [3.63, 3.8) is 0 Å². The highest BCUT2D eigenvalue weighted by Gasteiger charge is 2.12. The van der Waals surface area contributed by atoms with E-state index in [9.17, 15) is 4.79 Å². The van der Waals surface area contributed by atoms with E-state index in [2.05, 4.69) is 20.9 Å². The summed E-state index contributed by atoms with van der Waals surface area (Å²) in [5.41, 5.74) is 2.20. The van der Waals surface area contributed by atoms with Gasteiger partial charge in [0.2, 0.25) is 0 Å². The molecule has 1 heterocycles. The summed E-state index contributed by atoms with van der Waals surface area (Å²) in [4.78, 5) is 16.6. The van der Waals surface area contributed by atoms with Gasteiger partial charge in [-0.1, -0.05) is 24.3 Å². The largest absolute Gasteiger partial charge is 0.497 e. The van der Waals surface area contributed by atoms with Gasteiger partial charge in [0.15, 0.2) is 0 Å². The van der Waals surface area contributed by atoms with Gasteiger partial charge < -0.3 is 9.47 Å². The number of ether oxygens (including phenoxy) is 2. The second kappa shape index (κ2) is 7.59. The fourth-order valence-corrected chi connectivity index (χ4v) is 3.35. The molecule has 0 saturated heterocycles.